The molecule has 1 amide bonds. The van der Waals surface area contributed by atoms with E-state index in [1.807, 2.05) is 37.3 Å². The predicted molar refractivity (Wildman–Crippen MR) is 95.0 cm³/mol. The standard InChI is InChI=1S/C19H31N3O/c1-14-8-7-11-22(12-14)13-15(2)21-19(23)16(3)18(20)17-9-5-4-6-10-17/h4-6,9-10,14-16,18H,7-8,11-13,20H2,1-3H3,(H,21,23). The predicted octanol–water partition coefficient (Wildman–Crippen LogP) is 2.56. The lowest BCUT2D eigenvalue weighted by molar-refractivity contribution is -0.125. The largest absolute Gasteiger partial charge is 0.352 e. The number of carbonyl (C=O) groups is 1. The molecule has 1 aliphatic heterocycles. The lowest BCUT2D eigenvalue weighted by Crippen LogP contribution is -2.47. The summed E-state index contributed by atoms with van der Waals surface area (Å²) in [6.07, 6.45) is 2.58. The van der Waals surface area contributed by atoms with Gasteiger partial charge < -0.3 is 16.0 Å². The second kappa shape index (κ2) is 8.46. The van der Waals surface area contributed by atoms with E-state index in [1.54, 1.807) is 0 Å². The molecule has 1 saturated heterocycles. The Morgan fingerprint density at radius 1 is 1.35 bits per heavy atom. The van der Waals surface area contributed by atoms with Crippen LogP contribution in [0.1, 0.15) is 45.2 Å². The van der Waals surface area contributed by atoms with Crippen molar-refractivity contribution in [1.82, 2.24) is 10.2 Å². The number of hydrogen-bond donors (Lipinski definition) is 2. The van der Waals surface area contributed by atoms with E-state index in [1.165, 1.54) is 12.8 Å². The molecule has 0 aliphatic carbocycles. The molecule has 0 radical (unpaired) electrons. The Labute approximate surface area is 140 Å². The van der Waals surface area contributed by atoms with Crippen molar-refractivity contribution < 1.29 is 4.79 Å². The highest BCUT2D eigenvalue weighted by Gasteiger charge is 2.24. The van der Waals surface area contributed by atoms with Gasteiger partial charge in [-0.05, 0) is 37.8 Å². The summed E-state index contributed by atoms with van der Waals surface area (Å²) in [5.74, 6) is 0.566. The van der Waals surface area contributed by atoms with Gasteiger partial charge in [-0.15, -0.1) is 0 Å². The molecule has 1 heterocycles. The Bertz CT molecular complexity index is 491. The van der Waals surface area contributed by atoms with Crippen LogP contribution in [-0.2, 0) is 4.79 Å². The lowest BCUT2D eigenvalue weighted by atomic mass is 9.94. The molecule has 1 aliphatic rings. The molecule has 3 N–H and O–H groups in total. The van der Waals surface area contributed by atoms with Crippen LogP contribution in [0.25, 0.3) is 0 Å². The van der Waals surface area contributed by atoms with Crippen LogP contribution in [0, 0.1) is 11.8 Å². The van der Waals surface area contributed by atoms with Crippen LogP contribution in [0.4, 0.5) is 0 Å². The highest BCUT2D eigenvalue weighted by atomic mass is 16.2. The first kappa shape index (κ1) is 18.0. The summed E-state index contributed by atoms with van der Waals surface area (Å²) in [7, 11) is 0. The first-order valence-corrected chi connectivity index (χ1v) is 8.80. The number of benzene rings is 1. The molecule has 0 aromatic heterocycles. The second-order valence-corrected chi connectivity index (χ2v) is 7.14. The Morgan fingerprint density at radius 2 is 2.04 bits per heavy atom. The van der Waals surface area contributed by atoms with Crippen molar-refractivity contribution in [3.8, 4) is 0 Å². The number of nitrogens with two attached hydrogens (primary N) is 1. The Morgan fingerprint density at radius 3 is 2.70 bits per heavy atom. The first-order valence-electron chi connectivity index (χ1n) is 8.80. The fourth-order valence-electron chi connectivity index (χ4n) is 3.39. The van der Waals surface area contributed by atoms with Crippen molar-refractivity contribution in [3.63, 3.8) is 0 Å². The molecular formula is C19H31N3O. The summed E-state index contributed by atoms with van der Waals surface area (Å²) in [6, 6.07) is 9.72. The number of amides is 1. The van der Waals surface area contributed by atoms with E-state index in [0.29, 0.717) is 0 Å². The van der Waals surface area contributed by atoms with Gasteiger partial charge in [0.2, 0.25) is 5.91 Å². The van der Waals surface area contributed by atoms with E-state index in [-0.39, 0.29) is 23.9 Å². The molecule has 0 bridgehead atoms. The topological polar surface area (TPSA) is 58.4 Å². The van der Waals surface area contributed by atoms with Crippen LogP contribution in [0.5, 0.6) is 0 Å². The quantitative estimate of drug-likeness (QED) is 0.848. The number of piperidine rings is 1. The van der Waals surface area contributed by atoms with E-state index in [9.17, 15) is 4.79 Å². The third-order valence-electron chi connectivity index (χ3n) is 4.80. The zero-order chi connectivity index (χ0) is 16.8. The summed E-state index contributed by atoms with van der Waals surface area (Å²) in [5.41, 5.74) is 7.25. The van der Waals surface area contributed by atoms with Gasteiger partial charge in [0.05, 0.1) is 5.92 Å². The molecule has 4 heteroatoms. The SMILES string of the molecule is CC1CCCN(CC(C)NC(=O)C(C)C(N)c2ccccc2)C1. The number of likely N-dealkylation sites (tertiary alicyclic amines) is 1. The minimum absolute atomic E-state index is 0.0407. The average molecular weight is 317 g/mol. The van der Waals surface area contributed by atoms with Crippen LogP contribution >= 0.6 is 0 Å². The molecule has 4 nitrogen and oxygen atoms in total. The number of rotatable bonds is 6. The Hall–Kier alpha value is -1.39. The maximum atomic E-state index is 12.5. The Balaban J connectivity index is 1.83. The van der Waals surface area contributed by atoms with Gasteiger partial charge >= 0.3 is 0 Å². The van der Waals surface area contributed by atoms with Gasteiger partial charge in [0.1, 0.15) is 0 Å². The molecule has 0 saturated carbocycles. The van der Waals surface area contributed by atoms with Crippen molar-refractivity contribution in [1.29, 1.82) is 0 Å². The minimum Gasteiger partial charge on any atom is -0.352 e. The van der Waals surface area contributed by atoms with Gasteiger partial charge in [-0.1, -0.05) is 44.2 Å². The summed E-state index contributed by atoms with van der Waals surface area (Å²) in [4.78, 5) is 14.9. The van der Waals surface area contributed by atoms with Crippen LogP contribution < -0.4 is 11.1 Å². The van der Waals surface area contributed by atoms with Crippen molar-refractivity contribution in [3.05, 3.63) is 35.9 Å². The molecule has 1 fully saturated rings. The fraction of sp³-hybridized carbons (Fsp3) is 0.632. The van der Waals surface area contributed by atoms with E-state index in [4.69, 9.17) is 5.73 Å². The van der Waals surface area contributed by atoms with Crippen molar-refractivity contribution >= 4 is 5.91 Å². The Kier molecular flexibility index (Phi) is 6.60. The van der Waals surface area contributed by atoms with Gasteiger partial charge in [-0.25, -0.2) is 0 Å². The van der Waals surface area contributed by atoms with Crippen molar-refractivity contribution in [2.45, 2.75) is 45.7 Å². The van der Waals surface area contributed by atoms with Crippen LogP contribution in [0.3, 0.4) is 0 Å². The van der Waals surface area contributed by atoms with Crippen LogP contribution in [0.15, 0.2) is 30.3 Å². The molecule has 4 atom stereocenters. The van der Waals surface area contributed by atoms with Gasteiger partial charge in [0, 0.05) is 25.2 Å². The van der Waals surface area contributed by atoms with Crippen LogP contribution in [-0.4, -0.2) is 36.5 Å². The van der Waals surface area contributed by atoms with Gasteiger partial charge in [0.25, 0.3) is 0 Å². The summed E-state index contributed by atoms with van der Waals surface area (Å²) in [6.45, 7) is 9.49. The number of nitrogens with zero attached hydrogens (tertiary/aromatic N) is 1. The number of nitrogens with one attached hydrogen (secondary N) is 1. The van der Waals surface area contributed by atoms with Gasteiger partial charge in [0.15, 0.2) is 0 Å². The zero-order valence-electron chi connectivity index (χ0n) is 14.7. The molecular weight excluding hydrogens is 286 g/mol. The molecule has 4 unspecified atom stereocenters. The number of carbonyl (C=O) groups excluding carboxylic acids is 1. The molecule has 128 valence electrons. The minimum atomic E-state index is -0.265. The summed E-state index contributed by atoms with van der Waals surface area (Å²) >= 11 is 0. The fourth-order valence-corrected chi connectivity index (χ4v) is 3.39. The third-order valence-corrected chi connectivity index (χ3v) is 4.80. The highest BCUT2D eigenvalue weighted by Crippen LogP contribution is 2.19. The highest BCUT2D eigenvalue weighted by molar-refractivity contribution is 5.79. The molecule has 2 rings (SSSR count). The first-order chi connectivity index (χ1) is 11.0. The van der Waals surface area contributed by atoms with Crippen molar-refractivity contribution in [2.24, 2.45) is 17.6 Å². The van der Waals surface area contributed by atoms with Crippen molar-refractivity contribution in [2.75, 3.05) is 19.6 Å². The average Bonchev–Trinajstić information content (AvgIpc) is 2.54. The normalized spacial score (nSPS) is 23.0. The summed E-state index contributed by atoms with van der Waals surface area (Å²) < 4.78 is 0. The molecule has 0 spiro atoms. The third kappa shape index (κ3) is 5.33. The molecule has 1 aromatic rings. The monoisotopic (exact) mass is 317 g/mol. The van der Waals surface area contributed by atoms with E-state index in [0.717, 1.165) is 31.1 Å². The maximum absolute atomic E-state index is 12.5. The van der Waals surface area contributed by atoms with E-state index >= 15 is 0 Å². The van der Waals surface area contributed by atoms with Gasteiger partial charge in [-0.2, -0.15) is 0 Å². The van der Waals surface area contributed by atoms with E-state index in [2.05, 4.69) is 24.1 Å². The molecule has 23 heavy (non-hydrogen) atoms. The number of hydrogen-bond acceptors (Lipinski definition) is 3. The zero-order valence-corrected chi connectivity index (χ0v) is 14.7. The lowest BCUT2D eigenvalue weighted by Gasteiger charge is -2.33. The maximum Gasteiger partial charge on any atom is 0.224 e. The van der Waals surface area contributed by atoms with Crippen LogP contribution in [0.2, 0.25) is 0 Å². The second-order valence-electron chi connectivity index (χ2n) is 7.14. The smallest absolute Gasteiger partial charge is 0.224 e. The summed E-state index contributed by atoms with van der Waals surface area (Å²) in [5, 5.41) is 3.13. The molecule has 1 aromatic carbocycles. The van der Waals surface area contributed by atoms with E-state index < -0.39 is 0 Å². The van der Waals surface area contributed by atoms with Gasteiger partial charge in [-0.3, -0.25) is 4.79 Å².